The van der Waals surface area contributed by atoms with Gasteiger partial charge in [0.2, 0.25) is 0 Å². The molecule has 2 atom stereocenters. The third-order valence-corrected chi connectivity index (χ3v) is 3.37. The predicted octanol–water partition coefficient (Wildman–Crippen LogP) is 3.03. The molecule has 0 N–H and O–H groups in total. The van der Waals surface area contributed by atoms with Gasteiger partial charge in [0.05, 0.1) is 11.5 Å². The number of Topliss-reactive ketones (excluding diaryl/α,β-unsaturated/α-hetero) is 1. The molecule has 0 bridgehead atoms. The first-order valence-electron chi connectivity index (χ1n) is 5.86. The molecule has 1 fully saturated rings. The summed E-state index contributed by atoms with van der Waals surface area (Å²) < 4.78 is 38.7. The molecular formula is C12H13F3N2O. The lowest BCUT2D eigenvalue weighted by Crippen LogP contribution is -2.37. The third kappa shape index (κ3) is 2.68. The fourth-order valence-corrected chi connectivity index (χ4v) is 2.48. The van der Waals surface area contributed by atoms with Crippen LogP contribution in [0.1, 0.15) is 36.0 Å². The van der Waals surface area contributed by atoms with Crippen LogP contribution in [-0.2, 0) is 0 Å². The molecule has 18 heavy (non-hydrogen) atoms. The van der Waals surface area contributed by atoms with Crippen LogP contribution < -0.4 is 0 Å². The Morgan fingerprint density at radius 1 is 1.17 bits per heavy atom. The molecule has 1 aliphatic rings. The third-order valence-electron chi connectivity index (χ3n) is 3.37. The monoisotopic (exact) mass is 258 g/mol. The second kappa shape index (κ2) is 5.04. The van der Waals surface area contributed by atoms with Crippen molar-refractivity contribution in [1.29, 1.82) is 0 Å². The van der Waals surface area contributed by atoms with Gasteiger partial charge in [0.25, 0.3) is 0 Å². The first-order valence-corrected chi connectivity index (χ1v) is 5.86. The highest BCUT2D eigenvalue weighted by Crippen LogP contribution is 2.42. The highest BCUT2D eigenvalue weighted by molar-refractivity contribution is 5.97. The molecule has 1 aromatic heterocycles. The number of halogens is 3. The van der Waals surface area contributed by atoms with E-state index < -0.39 is 23.8 Å². The van der Waals surface area contributed by atoms with E-state index in [2.05, 4.69) is 9.97 Å². The van der Waals surface area contributed by atoms with Gasteiger partial charge >= 0.3 is 6.18 Å². The standard InChI is InChI=1S/C12H13F3N2O/c13-12(14,15)10-4-2-1-3-9(10)11(18)8-5-16-7-17-6-8/h5-7,9-10H,1-4H2. The number of nitrogens with zero attached hydrogens (tertiary/aromatic N) is 2. The molecule has 98 valence electrons. The zero-order valence-electron chi connectivity index (χ0n) is 9.65. The van der Waals surface area contributed by atoms with E-state index in [1.54, 1.807) is 0 Å². The Morgan fingerprint density at radius 3 is 2.39 bits per heavy atom. The number of carbonyl (C=O) groups excluding carboxylic acids is 1. The number of rotatable bonds is 2. The Kier molecular flexibility index (Phi) is 3.63. The van der Waals surface area contributed by atoms with Gasteiger partial charge < -0.3 is 0 Å². The van der Waals surface area contributed by atoms with Crippen molar-refractivity contribution in [3.8, 4) is 0 Å². The van der Waals surface area contributed by atoms with E-state index in [1.165, 1.54) is 18.7 Å². The van der Waals surface area contributed by atoms with Crippen molar-refractivity contribution in [3.05, 3.63) is 24.3 Å². The smallest absolute Gasteiger partial charge is 0.294 e. The van der Waals surface area contributed by atoms with E-state index in [0.717, 1.165) is 0 Å². The van der Waals surface area contributed by atoms with Crippen molar-refractivity contribution in [2.75, 3.05) is 0 Å². The molecule has 0 aromatic carbocycles. The average molecular weight is 258 g/mol. The molecule has 3 nitrogen and oxygen atoms in total. The summed E-state index contributed by atoms with van der Waals surface area (Å²) in [6.07, 6.45) is 1.01. The second-order valence-electron chi connectivity index (χ2n) is 4.53. The molecule has 0 saturated heterocycles. The molecule has 0 aliphatic heterocycles. The number of aromatic nitrogens is 2. The molecule has 2 rings (SSSR count). The lowest BCUT2D eigenvalue weighted by molar-refractivity contribution is -0.190. The summed E-state index contributed by atoms with van der Waals surface area (Å²) in [6.45, 7) is 0. The van der Waals surface area contributed by atoms with E-state index >= 15 is 0 Å². The molecule has 1 aromatic rings. The van der Waals surface area contributed by atoms with Gasteiger partial charge in [0, 0.05) is 18.3 Å². The maximum absolute atomic E-state index is 12.9. The molecule has 1 heterocycles. The van der Waals surface area contributed by atoms with Crippen LogP contribution >= 0.6 is 0 Å². The molecule has 0 radical (unpaired) electrons. The number of carbonyl (C=O) groups is 1. The molecular weight excluding hydrogens is 245 g/mol. The van der Waals surface area contributed by atoms with E-state index in [9.17, 15) is 18.0 Å². The van der Waals surface area contributed by atoms with Crippen LogP contribution in [0.3, 0.4) is 0 Å². The fourth-order valence-electron chi connectivity index (χ4n) is 2.48. The summed E-state index contributed by atoms with van der Waals surface area (Å²) in [5, 5.41) is 0. The first-order chi connectivity index (χ1) is 8.50. The number of hydrogen-bond acceptors (Lipinski definition) is 3. The lowest BCUT2D eigenvalue weighted by Gasteiger charge is -2.31. The van der Waals surface area contributed by atoms with Crippen molar-refractivity contribution in [1.82, 2.24) is 9.97 Å². The predicted molar refractivity (Wildman–Crippen MR) is 57.9 cm³/mol. The van der Waals surface area contributed by atoms with Crippen LogP contribution in [0.2, 0.25) is 0 Å². The molecule has 6 heteroatoms. The number of ketones is 1. The highest BCUT2D eigenvalue weighted by atomic mass is 19.4. The molecule has 0 spiro atoms. The van der Waals surface area contributed by atoms with Crippen molar-refractivity contribution in [2.24, 2.45) is 11.8 Å². The maximum Gasteiger partial charge on any atom is 0.392 e. The maximum atomic E-state index is 12.9. The Hall–Kier alpha value is -1.46. The highest BCUT2D eigenvalue weighted by Gasteiger charge is 2.48. The van der Waals surface area contributed by atoms with E-state index in [4.69, 9.17) is 0 Å². The Labute approximate surface area is 102 Å². The van der Waals surface area contributed by atoms with Crippen molar-refractivity contribution < 1.29 is 18.0 Å². The topological polar surface area (TPSA) is 42.9 Å². The minimum Gasteiger partial charge on any atom is -0.294 e. The SMILES string of the molecule is O=C(c1cncnc1)C1CCCCC1C(F)(F)F. The van der Waals surface area contributed by atoms with Gasteiger partial charge in [-0.1, -0.05) is 12.8 Å². The minimum atomic E-state index is -4.31. The Balaban J connectivity index is 2.22. The quantitative estimate of drug-likeness (QED) is 0.766. The summed E-state index contributed by atoms with van der Waals surface area (Å²) in [5.41, 5.74) is 0.165. The summed E-state index contributed by atoms with van der Waals surface area (Å²) in [6, 6.07) is 0. The van der Waals surface area contributed by atoms with Gasteiger partial charge in [-0.3, -0.25) is 4.79 Å². The zero-order valence-corrected chi connectivity index (χ0v) is 9.65. The first kappa shape index (κ1) is 13.0. The van der Waals surface area contributed by atoms with Gasteiger partial charge in [-0.2, -0.15) is 13.2 Å². The normalized spacial score (nSPS) is 24.8. The van der Waals surface area contributed by atoms with Crippen LogP contribution in [0, 0.1) is 11.8 Å². The lowest BCUT2D eigenvalue weighted by atomic mass is 9.75. The van der Waals surface area contributed by atoms with E-state index in [-0.39, 0.29) is 18.4 Å². The second-order valence-corrected chi connectivity index (χ2v) is 4.53. The zero-order chi connectivity index (χ0) is 13.2. The van der Waals surface area contributed by atoms with Crippen molar-refractivity contribution in [2.45, 2.75) is 31.9 Å². The van der Waals surface area contributed by atoms with E-state index in [1.807, 2.05) is 0 Å². The van der Waals surface area contributed by atoms with Gasteiger partial charge in [-0.05, 0) is 12.8 Å². The average Bonchev–Trinajstić information content (AvgIpc) is 2.38. The fraction of sp³-hybridized carbons (Fsp3) is 0.583. The van der Waals surface area contributed by atoms with Gasteiger partial charge in [0.15, 0.2) is 5.78 Å². The number of hydrogen-bond donors (Lipinski definition) is 0. The Morgan fingerprint density at radius 2 is 1.78 bits per heavy atom. The number of alkyl halides is 3. The van der Waals surface area contributed by atoms with Gasteiger partial charge in [0.1, 0.15) is 6.33 Å². The minimum absolute atomic E-state index is 0.0353. The summed E-state index contributed by atoms with van der Waals surface area (Å²) in [5.74, 6) is -3.00. The van der Waals surface area contributed by atoms with Crippen LogP contribution in [0.25, 0.3) is 0 Å². The van der Waals surface area contributed by atoms with Gasteiger partial charge in [-0.25, -0.2) is 9.97 Å². The van der Waals surface area contributed by atoms with E-state index in [0.29, 0.717) is 12.8 Å². The van der Waals surface area contributed by atoms with Crippen LogP contribution in [-0.4, -0.2) is 21.9 Å². The van der Waals surface area contributed by atoms with Crippen LogP contribution in [0.4, 0.5) is 13.2 Å². The van der Waals surface area contributed by atoms with Crippen molar-refractivity contribution in [3.63, 3.8) is 0 Å². The Bertz CT molecular complexity index is 419. The summed E-state index contributed by atoms with van der Waals surface area (Å²) in [7, 11) is 0. The molecule has 1 aliphatic carbocycles. The summed E-state index contributed by atoms with van der Waals surface area (Å²) >= 11 is 0. The largest absolute Gasteiger partial charge is 0.392 e. The van der Waals surface area contributed by atoms with Crippen molar-refractivity contribution >= 4 is 5.78 Å². The summed E-state index contributed by atoms with van der Waals surface area (Å²) in [4.78, 5) is 19.4. The van der Waals surface area contributed by atoms with Crippen LogP contribution in [0.15, 0.2) is 18.7 Å². The van der Waals surface area contributed by atoms with Gasteiger partial charge in [-0.15, -0.1) is 0 Å². The molecule has 1 saturated carbocycles. The molecule has 2 unspecified atom stereocenters. The van der Waals surface area contributed by atoms with Crippen LogP contribution in [0.5, 0.6) is 0 Å². The molecule has 0 amide bonds.